The van der Waals surface area contributed by atoms with Gasteiger partial charge in [0.05, 0.1) is 0 Å². The SMILES string of the molecule is CCC(c1ccc(O)cc1)N1CCN(C)CC1CN. The molecule has 1 fully saturated rings. The monoisotopic (exact) mass is 263 g/mol. The van der Waals surface area contributed by atoms with E-state index in [1.54, 1.807) is 12.1 Å². The van der Waals surface area contributed by atoms with Crippen LogP contribution in [0.25, 0.3) is 0 Å². The standard InChI is InChI=1S/C15H25N3O/c1-3-15(12-4-6-14(19)7-5-12)18-9-8-17(2)11-13(18)10-16/h4-7,13,15,19H,3,8-11,16H2,1-2H3. The first-order valence-electron chi connectivity index (χ1n) is 7.09. The van der Waals surface area contributed by atoms with Crippen LogP contribution < -0.4 is 5.73 Å². The first-order chi connectivity index (χ1) is 9.15. The number of rotatable bonds is 4. The minimum Gasteiger partial charge on any atom is -0.508 e. The van der Waals surface area contributed by atoms with Crippen LogP contribution >= 0.6 is 0 Å². The van der Waals surface area contributed by atoms with Gasteiger partial charge in [-0.25, -0.2) is 0 Å². The van der Waals surface area contributed by atoms with E-state index in [1.807, 2.05) is 12.1 Å². The van der Waals surface area contributed by atoms with Gasteiger partial charge in [0.2, 0.25) is 0 Å². The molecule has 3 N–H and O–H groups in total. The third kappa shape index (κ3) is 3.26. The molecule has 1 heterocycles. The predicted molar refractivity (Wildman–Crippen MR) is 78.2 cm³/mol. The van der Waals surface area contributed by atoms with Crippen molar-refractivity contribution in [2.75, 3.05) is 33.2 Å². The molecule has 106 valence electrons. The number of piperazine rings is 1. The first kappa shape index (κ1) is 14.3. The van der Waals surface area contributed by atoms with E-state index in [2.05, 4.69) is 23.8 Å². The molecule has 1 aromatic carbocycles. The second-order valence-corrected chi connectivity index (χ2v) is 5.41. The Morgan fingerprint density at radius 3 is 2.58 bits per heavy atom. The van der Waals surface area contributed by atoms with Crippen molar-refractivity contribution >= 4 is 0 Å². The van der Waals surface area contributed by atoms with Crippen LogP contribution in [-0.2, 0) is 0 Å². The smallest absolute Gasteiger partial charge is 0.115 e. The number of aromatic hydroxyl groups is 1. The van der Waals surface area contributed by atoms with E-state index in [-0.39, 0.29) is 0 Å². The van der Waals surface area contributed by atoms with Crippen molar-refractivity contribution < 1.29 is 5.11 Å². The highest BCUT2D eigenvalue weighted by atomic mass is 16.3. The number of nitrogens with two attached hydrogens (primary N) is 1. The van der Waals surface area contributed by atoms with Gasteiger partial charge in [-0.15, -0.1) is 0 Å². The molecular formula is C15H25N3O. The largest absolute Gasteiger partial charge is 0.508 e. The van der Waals surface area contributed by atoms with Crippen LogP contribution in [0.15, 0.2) is 24.3 Å². The van der Waals surface area contributed by atoms with E-state index in [9.17, 15) is 5.11 Å². The molecule has 4 heteroatoms. The third-order valence-electron chi connectivity index (χ3n) is 4.07. The van der Waals surface area contributed by atoms with Crippen molar-refractivity contribution in [2.45, 2.75) is 25.4 Å². The van der Waals surface area contributed by atoms with Crippen molar-refractivity contribution in [3.63, 3.8) is 0 Å². The second-order valence-electron chi connectivity index (χ2n) is 5.41. The van der Waals surface area contributed by atoms with Gasteiger partial charge in [0.25, 0.3) is 0 Å². The third-order valence-corrected chi connectivity index (χ3v) is 4.07. The fourth-order valence-corrected chi connectivity index (χ4v) is 3.00. The fourth-order valence-electron chi connectivity index (χ4n) is 3.00. The molecule has 4 nitrogen and oxygen atoms in total. The van der Waals surface area contributed by atoms with E-state index in [1.165, 1.54) is 5.56 Å². The van der Waals surface area contributed by atoms with E-state index in [0.717, 1.165) is 26.1 Å². The van der Waals surface area contributed by atoms with Crippen LogP contribution in [0.5, 0.6) is 5.75 Å². The minimum atomic E-state index is 0.326. The number of likely N-dealkylation sites (N-methyl/N-ethyl adjacent to an activating group) is 1. The number of phenols is 1. The van der Waals surface area contributed by atoms with Gasteiger partial charge >= 0.3 is 0 Å². The maximum atomic E-state index is 9.41. The van der Waals surface area contributed by atoms with Crippen molar-refractivity contribution in [3.8, 4) is 5.75 Å². The number of phenolic OH excluding ortho intramolecular Hbond substituents is 1. The van der Waals surface area contributed by atoms with Crippen molar-refractivity contribution in [1.82, 2.24) is 9.80 Å². The zero-order chi connectivity index (χ0) is 13.8. The molecule has 2 atom stereocenters. The zero-order valence-corrected chi connectivity index (χ0v) is 11.9. The maximum absolute atomic E-state index is 9.41. The normalized spacial score (nSPS) is 23.4. The molecule has 0 saturated carbocycles. The second kappa shape index (κ2) is 6.37. The summed E-state index contributed by atoms with van der Waals surface area (Å²) in [5.41, 5.74) is 7.21. The number of nitrogens with zero attached hydrogens (tertiary/aromatic N) is 2. The van der Waals surface area contributed by atoms with E-state index in [4.69, 9.17) is 5.73 Å². The Balaban J connectivity index is 2.18. The first-order valence-corrected chi connectivity index (χ1v) is 7.09. The van der Waals surface area contributed by atoms with Gasteiger partial charge in [0.15, 0.2) is 0 Å². The Morgan fingerprint density at radius 1 is 1.32 bits per heavy atom. The van der Waals surface area contributed by atoms with Gasteiger partial charge in [-0.1, -0.05) is 19.1 Å². The summed E-state index contributed by atoms with van der Waals surface area (Å²) in [5.74, 6) is 0.326. The molecule has 1 aromatic rings. The summed E-state index contributed by atoms with van der Waals surface area (Å²) in [6.45, 7) is 6.08. The topological polar surface area (TPSA) is 52.7 Å². The van der Waals surface area contributed by atoms with E-state index in [0.29, 0.717) is 24.4 Å². The molecule has 0 aliphatic carbocycles. The molecule has 0 bridgehead atoms. The molecule has 0 spiro atoms. The summed E-state index contributed by atoms with van der Waals surface area (Å²) < 4.78 is 0. The van der Waals surface area contributed by atoms with E-state index >= 15 is 0 Å². The number of hydrogen-bond donors (Lipinski definition) is 2. The lowest BCUT2D eigenvalue weighted by Gasteiger charge is -2.44. The molecule has 0 radical (unpaired) electrons. The molecule has 0 aromatic heterocycles. The van der Waals surface area contributed by atoms with Gasteiger partial charge in [-0.2, -0.15) is 0 Å². The van der Waals surface area contributed by atoms with Crippen LogP contribution in [0.1, 0.15) is 24.9 Å². The zero-order valence-electron chi connectivity index (χ0n) is 11.9. The average molecular weight is 263 g/mol. The Bertz CT molecular complexity index is 393. The Labute approximate surface area is 115 Å². The maximum Gasteiger partial charge on any atom is 0.115 e. The Hall–Kier alpha value is -1.10. The van der Waals surface area contributed by atoms with Gasteiger partial charge in [-0.3, -0.25) is 4.90 Å². The summed E-state index contributed by atoms with van der Waals surface area (Å²) in [5, 5.41) is 9.41. The van der Waals surface area contributed by atoms with Gasteiger partial charge in [0, 0.05) is 38.3 Å². The van der Waals surface area contributed by atoms with Crippen LogP contribution in [-0.4, -0.2) is 54.2 Å². The average Bonchev–Trinajstić information content (AvgIpc) is 2.43. The molecule has 2 rings (SSSR count). The molecule has 19 heavy (non-hydrogen) atoms. The highest BCUT2D eigenvalue weighted by Gasteiger charge is 2.29. The summed E-state index contributed by atoms with van der Waals surface area (Å²) >= 11 is 0. The number of benzene rings is 1. The number of hydrogen-bond acceptors (Lipinski definition) is 4. The lowest BCUT2D eigenvalue weighted by atomic mass is 9.99. The highest BCUT2D eigenvalue weighted by Crippen LogP contribution is 2.28. The Kier molecular flexibility index (Phi) is 4.80. The summed E-state index contributed by atoms with van der Waals surface area (Å²) in [6, 6.07) is 8.39. The molecule has 1 saturated heterocycles. The molecule has 1 aliphatic rings. The van der Waals surface area contributed by atoms with Crippen molar-refractivity contribution in [3.05, 3.63) is 29.8 Å². The quantitative estimate of drug-likeness (QED) is 0.862. The molecule has 2 unspecified atom stereocenters. The lowest BCUT2D eigenvalue weighted by molar-refractivity contribution is 0.0538. The highest BCUT2D eigenvalue weighted by molar-refractivity contribution is 5.28. The van der Waals surface area contributed by atoms with Crippen LogP contribution in [0.2, 0.25) is 0 Å². The van der Waals surface area contributed by atoms with Crippen molar-refractivity contribution in [2.24, 2.45) is 5.73 Å². The van der Waals surface area contributed by atoms with Gasteiger partial charge in [-0.05, 0) is 31.2 Å². The molecule has 0 amide bonds. The van der Waals surface area contributed by atoms with Crippen LogP contribution in [0.4, 0.5) is 0 Å². The Morgan fingerprint density at radius 2 is 2.00 bits per heavy atom. The lowest BCUT2D eigenvalue weighted by Crippen LogP contribution is -2.55. The summed E-state index contributed by atoms with van der Waals surface area (Å²) in [7, 11) is 2.15. The molecule has 1 aliphatic heterocycles. The van der Waals surface area contributed by atoms with Crippen molar-refractivity contribution in [1.29, 1.82) is 0 Å². The van der Waals surface area contributed by atoms with Crippen LogP contribution in [0.3, 0.4) is 0 Å². The summed E-state index contributed by atoms with van der Waals surface area (Å²) in [4.78, 5) is 4.87. The minimum absolute atomic E-state index is 0.326. The van der Waals surface area contributed by atoms with Crippen LogP contribution in [0, 0.1) is 0 Å². The molecular weight excluding hydrogens is 238 g/mol. The summed E-state index contributed by atoms with van der Waals surface area (Å²) in [6.07, 6.45) is 1.06. The van der Waals surface area contributed by atoms with Gasteiger partial charge < -0.3 is 15.7 Å². The predicted octanol–water partition coefficient (Wildman–Crippen LogP) is 1.42. The van der Waals surface area contributed by atoms with E-state index < -0.39 is 0 Å². The fraction of sp³-hybridized carbons (Fsp3) is 0.600. The van der Waals surface area contributed by atoms with Gasteiger partial charge in [0.1, 0.15) is 5.75 Å².